The van der Waals surface area contributed by atoms with Gasteiger partial charge in [0.1, 0.15) is 0 Å². The highest BCUT2D eigenvalue weighted by molar-refractivity contribution is 7.75. The smallest absolute Gasteiger partial charge is 0.329 e. The van der Waals surface area contributed by atoms with Crippen molar-refractivity contribution in [1.82, 2.24) is 0 Å². The second-order valence-corrected chi connectivity index (χ2v) is 3.74. The van der Waals surface area contributed by atoms with Gasteiger partial charge in [-0.2, -0.15) is 26.0 Å². The molecule has 0 bridgehead atoms. The minimum Gasteiger partial charge on any atom is -0.329 e. The molecule has 1 unspecified atom stereocenters. The summed E-state index contributed by atoms with van der Waals surface area (Å²) in [7, 11) is -3.20. The second kappa shape index (κ2) is 6.55. The molecule has 0 rings (SSSR count). The molecular formula is C4H6F4O7S2. The third-order valence-corrected chi connectivity index (χ3v) is 2.08. The van der Waals surface area contributed by atoms with E-state index in [1.807, 2.05) is 0 Å². The molecule has 0 fully saturated rings. The fourth-order valence-electron chi connectivity index (χ4n) is 0.374. The van der Waals surface area contributed by atoms with Crippen molar-refractivity contribution in [3.8, 4) is 0 Å². The molecular weight excluding hydrogens is 300 g/mol. The molecule has 0 saturated carbocycles. The van der Waals surface area contributed by atoms with E-state index in [4.69, 9.17) is 5.11 Å². The normalized spacial score (nSPS) is 15.2. The fourth-order valence-corrected chi connectivity index (χ4v) is 1.12. The van der Waals surface area contributed by atoms with Gasteiger partial charge in [0, 0.05) is 0 Å². The van der Waals surface area contributed by atoms with E-state index in [2.05, 4.69) is 12.5 Å². The van der Waals surface area contributed by atoms with Crippen molar-refractivity contribution in [2.75, 3.05) is 13.2 Å². The minimum atomic E-state index is -5.54. The first-order valence-electron chi connectivity index (χ1n) is 3.56. The Hall–Kier alpha value is -0.340. The Bertz CT molecular complexity index is 329. The van der Waals surface area contributed by atoms with Gasteiger partial charge < -0.3 is 5.11 Å². The predicted octanol–water partition coefficient (Wildman–Crippen LogP) is -0.681. The summed E-state index contributed by atoms with van der Waals surface area (Å²) in [4.78, 5) is 0. The largest absolute Gasteiger partial charge is 0.462 e. The molecule has 0 radical (unpaired) electrons. The Labute approximate surface area is 96.3 Å². The molecule has 0 aromatic carbocycles. The van der Waals surface area contributed by atoms with E-state index < -0.39 is 47.8 Å². The lowest BCUT2D eigenvalue weighted by Gasteiger charge is -2.19. The van der Waals surface area contributed by atoms with Crippen molar-refractivity contribution < 1.29 is 47.8 Å². The summed E-state index contributed by atoms with van der Waals surface area (Å²) in [6, 6.07) is 0. The third-order valence-electron chi connectivity index (χ3n) is 0.982. The van der Waals surface area contributed by atoms with Gasteiger partial charge in [-0.25, -0.2) is 8.42 Å². The van der Waals surface area contributed by atoms with Gasteiger partial charge in [-0.05, 0) is 0 Å². The van der Waals surface area contributed by atoms with Crippen LogP contribution in [0.15, 0.2) is 0 Å². The number of halogens is 4. The average Bonchev–Trinajstić information content (AvgIpc) is 2.09. The van der Waals surface area contributed by atoms with Crippen molar-refractivity contribution in [2.24, 2.45) is 0 Å². The van der Waals surface area contributed by atoms with Crippen molar-refractivity contribution in [1.29, 1.82) is 0 Å². The van der Waals surface area contributed by atoms with Gasteiger partial charge in [0.05, 0.1) is 13.2 Å². The first kappa shape index (κ1) is 16.7. The average molecular weight is 306 g/mol. The standard InChI is InChI=1S/C4H6F4O7S2/c5-3(6,9)4(7,8)15-17(12)14-2-1-13-16(10)11/h9,16H,1-2H2. The molecule has 17 heavy (non-hydrogen) atoms. The zero-order chi connectivity index (χ0) is 13.7. The van der Waals surface area contributed by atoms with Crippen LogP contribution in [0, 0.1) is 0 Å². The van der Waals surface area contributed by atoms with Crippen LogP contribution in [-0.4, -0.2) is 43.2 Å². The van der Waals surface area contributed by atoms with Gasteiger partial charge in [-0.3, -0.25) is 8.37 Å². The van der Waals surface area contributed by atoms with Crippen LogP contribution in [-0.2, 0) is 34.9 Å². The summed E-state index contributed by atoms with van der Waals surface area (Å²) in [5.74, 6) is 0. The third kappa shape index (κ3) is 6.85. The van der Waals surface area contributed by atoms with Crippen molar-refractivity contribution >= 4 is 22.3 Å². The molecule has 0 aliphatic heterocycles. The molecule has 7 nitrogen and oxygen atoms in total. The maximum Gasteiger partial charge on any atom is 0.462 e. The summed E-state index contributed by atoms with van der Waals surface area (Å²) >= 11 is -3.32. The highest BCUT2D eigenvalue weighted by Gasteiger charge is 2.59. The molecule has 0 aliphatic rings. The van der Waals surface area contributed by atoms with Gasteiger partial charge in [-0.1, -0.05) is 0 Å². The van der Waals surface area contributed by atoms with E-state index in [0.717, 1.165) is 0 Å². The fraction of sp³-hybridized carbons (Fsp3) is 1.00. The molecule has 13 heteroatoms. The Morgan fingerprint density at radius 2 is 1.71 bits per heavy atom. The summed E-state index contributed by atoms with van der Waals surface area (Å²) in [6.45, 7) is -1.45. The number of aliphatic hydroxyl groups is 1. The molecule has 0 heterocycles. The van der Waals surface area contributed by atoms with Crippen LogP contribution < -0.4 is 0 Å². The van der Waals surface area contributed by atoms with Crippen LogP contribution in [0.4, 0.5) is 17.6 Å². The zero-order valence-electron chi connectivity index (χ0n) is 7.68. The number of hydrogen-bond acceptors (Lipinski definition) is 7. The van der Waals surface area contributed by atoms with E-state index in [0.29, 0.717) is 0 Å². The van der Waals surface area contributed by atoms with Crippen LogP contribution in [0.1, 0.15) is 0 Å². The summed E-state index contributed by atoms with van der Waals surface area (Å²) in [5, 5.41) is 7.64. The summed E-state index contributed by atoms with van der Waals surface area (Å²) in [5.41, 5.74) is 0. The molecule has 0 saturated heterocycles. The Morgan fingerprint density at radius 1 is 1.18 bits per heavy atom. The van der Waals surface area contributed by atoms with Crippen LogP contribution in [0.25, 0.3) is 0 Å². The van der Waals surface area contributed by atoms with Gasteiger partial charge >= 0.3 is 23.6 Å². The van der Waals surface area contributed by atoms with Crippen molar-refractivity contribution in [3.05, 3.63) is 0 Å². The maximum absolute atomic E-state index is 12.2. The van der Waals surface area contributed by atoms with E-state index in [9.17, 15) is 30.2 Å². The number of rotatable bonds is 8. The van der Waals surface area contributed by atoms with Crippen LogP contribution in [0.2, 0.25) is 0 Å². The number of alkyl halides is 4. The Morgan fingerprint density at radius 3 is 2.12 bits per heavy atom. The van der Waals surface area contributed by atoms with Crippen LogP contribution >= 0.6 is 0 Å². The molecule has 0 aliphatic carbocycles. The molecule has 1 atom stereocenters. The molecule has 1 N–H and O–H groups in total. The summed E-state index contributed by atoms with van der Waals surface area (Å²) < 4.78 is 88.6. The molecule has 0 aromatic rings. The first-order chi connectivity index (χ1) is 7.56. The Balaban J connectivity index is 4.02. The SMILES string of the molecule is O=S(OCCO[SH](=O)=O)OC(F)(F)C(O)(F)F. The number of thiol groups is 1. The topological polar surface area (TPSA) is 99.1 Å². The van der Waals surface area contributed by atoms with Crippen molar-refractivity contribution in [2.45, 2.75) is 12.2 Å². The highest BCUT2D eigenvalue weighted by Crippen LogP contribution is 2.33. The van der Waals surface area contributed by atoms with Crippen LogP contribution in [0.3, 0.4) is 0 Å². The molecule has 104 valence electrons. The summed E-state index contributed by atoms with van der Waals surface area (Å²) in [6.07, 6.45) is -11.0. The molecule has 0 spiro atoms. The van der Waals surface area contributed by atoms with Crippen LogP contribution in [0.5, 0.6) is 0 Å². The lowest BCUT2D eigenvalue weighted by Crippen LogP contribution is -2.43. The zero-order valence-corrected chi connectivity index (χ0v) is 9.39. The molecule has 0 aromatic heterocycles. The van der Waals surface area contributed by atoms with Gasteiger partial charge in [0.25, 0.3) is 11.0 Å². The minimum absolute atomic E-state index is 0.672. The molecule has 0 amide bonds. The van der Waals surface area contributed by atoms with Gasteiger partial charge in [0.15, 0.2) is 0 Å². The van der Waals surface area contributed by atoms with Gasteiger partial charge in [-0.15, -0.1) is 0 Å². The van der Waals surface area contributed by atoms with E-state index in [-0.39, 0.29) is 0 Å². The lowest BCUT2D eigenvalue weighted by atomic mass is 10.6. The van der Waals surface area contributed by atoms with E-state index >= 15 is 0 Å². The predicted molar refractivity (Wildman–Crippen MR) is 43.6 cm³/mol. The first-order valence-corrected chi connectivity index (χ1v) is 5.65. The second-order valence-electron chi connectivity index (χ2n) is 2.22. The quantitative estimate of drug-likeness (QED) is 0.348. The van der Waals surface area contributed by atoms with Crippen molar-refractivity contribution in [3.63, 3.8) is 0 Å². The monoisotopic (exact) mass is 306 g/mol. The highest BCUT2D eigenvalue weighted by atomic mass is 32.2. The Kier molecular flexibility index (Phi) is 6.42. The lowest BCUT2D eigenvalue weighted by molar-refractivity contribution is -0.391. The van der Waals surface area contributed by atoms with E-state index in [1.54, 1.807) is 0 Å². The maximum atomic E-state index is 12.2. The van der Waals surface area contributed by atoms with E-state index in [1.165, 1.54) is 0 Å². The van der Waals surface area contributed by atoms with Gasteiger partial charge in [0.2, 0.25) is 0 Å². The number of hydrogen-bond donors (Lipinski definition) is 2.